The molecule has 0 aliphatic carbocycles. The molecule has 0 aromatic heterocycles. The monoisotopic (exact) mass is 286 g/mol. The molecule has 110 valence electrons. The van der Waals surface area contributed by atoms with Gasteiger partial charge in [0.1, 0.15) is 0 Å². The van der Waals surface area contributed by atoms with Crippen molar-refractivity contribution in [2.24, 2.45) is 0 Å². The van der Waals surface area contributed by atoms with E-state index in [1.54, 1.807) is 0 Å². The molecule has 0 aliphatic rings. The average Bonchev–Trinajstić information content (AvgIpc) is 2.56. The summed E-state index contributed by atoms with van der Waals surface area (Å²) in [6.45, 7) is 6.67. The summed E-state index contributed by atoms with van der Waals surface area (Å²) in [5, 5.41) is 0. The van der Waals surface area contributed by atoms with Crippen LogP contribution in [-0.4, -0.2) is 0 Å². The zero-order valence-corrected chi connectivity index (χ0v) is 13.5. The van der Waals surface area contributed by atoms with Gasteiger partial charge in [0.05, 0.1) is 0 Å². The van der Waals surface area contributed by atoms with E-state index in [0.717, 1.165) is 0 Å². The maximum absolute atomic E-state index is 2.27. The standard InChI is InChI=1S/C22H22/c1-16(2)20-10-7-11-21(18-8-5-4-6-9-18)22(20)19-14-12-17(3)13-15-19/h4-16H,1-3H3. The van der Waals surface area contributed by atoms with Gasteiger partial charge in [0.15, 0.2) is 0 Å². The topological polar surface area (TPSA) is 0 Å². The van der Waals surface area contributed by atoms with Gasteiger partial charge in [0.25, 0.3) is 0 Å². The van der Waals surface area contributed by atoms with E-state index in [-0.39, 0.29) is 0 Å². The van der Waals surface area contributed by atoms with Crippen molar-refractivity contribution in [1.82, 2.24) is 0 Å². The maximum Gasteiger partial charge on any atom is -0.00707 e. The minimum atomic E-state index is 0.500. The molecule has 0 nitrogen and oxygen atoms in total. The summed E-state index contributed by atoms with van der Waals surface area (Å²) in [7, 11) is 0. The van der Waals surface area contributed by atoms with Gasteiger partial charge in [-0.05, 0) is 40.7 Å². The first-order valence-corrected chi connectivity index (χ1v) is 7.92. The van der Waals surface area contributed by atoms with Crippen molar-refractivity contribution in [2.75, 3.05) is 0 Å². The molecule has 0 bridgehead atoms. The molecule has 0 saturated heterocycles. The van der Waals surface area contributed by atoms with Crippen molar-refractivity contribution in [3.05, 3.63) is 83.9 Å². The van der Waals surface area contributed by atoms with E-state index in [1.165, 1.54) is 33.4 Å². The third-order valence-electron chi connectivity index (χ3n) is 4.14. The van der Waals surface area contributed by atoms with Crippen LogP contribution < -0.4 is 0 Å². The molecular formula is C22H22. The Morgan fingerprint density at radius 1 is 0.636 bits per heavy atom. The van der Waals surface area contributed by atoms with E-state index in [1.807, 2.05) is 0 Å². The van der Waals surface area contributed by atoms with Crippen LogP contribution in [0.25, 0.3) is 22.3 Å². The highest BCUT2D eigenvalue weighted by Crippen LogP contribution is 2.38. The highest BCUT2D eigenvalue weighted by Gasteiger charge is 2.14. The largest absolute Gasteiger partial charge is 0.0622 e. The molecule has 0 radical (unpaired) electrons. The van der Waals surface area contributed by atoms with Crippen LogP contribution in [0.5, 0.6) is 0 Å². The van der Waals surface area contributed by atoms with Crippen molar-refractivity contribution in [3.8, 4) is 22.3 Å². The Labute approximate surface area is 133 Å². The highest BCUT2D eigenvalue weighted by molar-refractivity contribution is 5.86. The molecule has 0 saturated carbocycles. The molecule has 0 spiro atoms. The Morgan fingerprint density at radius 2 is 1.32 bits per heavy atom. The minimum Gasteiger partial charge on any atom is -0.0622 e. The summed E-state index contributed by atoms with van der Waals surface area (Å²) in [5.74, 6) is 0.500. The lowest BCUT2D eigenvalue weighted by atomic mass is 9.86. The molecule has 3 rings (SSSR count). The normalized spacial score (nSPS) is 10.9. The first-order valence-electron chi connectivity index (χ1n) is 7.92. The molecule has 0 aliphatic heterocycles. The Hall–Kier alpha value is -2.34. The van der Waals surface area contributed by atoms with Crippen LogP contribution in [0.3, 0.4) is 0 Å². The summed E-state index contributed by atoms with van der Waals surface area (Å²) in [6, 6.07) is 26.2. The van der Waals surface area contributed by atoms with E-state index < -0.39 is 0 Å². The van der Waals surface area contributed by atoms with Crippen LogP contribution in [0.4, 0.5) is 0 Å². The third-order valence-corrected chi connectivity index (χ3v) is 4.14. The summed E-state index contributed by atoms with van der Waals surface area (Å²) in [5.41, 5.74) is 7.96. The lowest BCUT2D eigenvalue weighted by Gasteiger charge is -2.18. The second kappa shape index (κ2) is 6.19. The molecule has 3 aromatic rings. The van der Waals surface area contributed by atoms with Gasteiger partial charge in [-0.2, -0.15) is 0 Å². The quantitative estimate of drug-likeness (QED) is 0.519. The second-order valence-corrected chi connectivity index (χ2v) is 6.16. The predicted molar refractivity (Wildman–Crippen MR) is 96.1 cm³/mol. The van der Waals surface area contributed by atoms with Gasteiger partial charge in [-0.25, -0.2) is 0 Å². The molecule has 0 atom stereocenters. The molecule has 0 unspecified atom stereocenters. The van der Waals surface area contributed by atoms with Gasteiger partial charge < -0.3 is 0 Å². The summed E-state index contributed by atoms with van der Waals surface area (Å²) in [4.78, 5) is 0. The summed E-state index contributed by atoms with van der Waals surface area (Å²) >= 11 is 0. The third kappa shape index (κ3) is 2.82. The highest BCUT2D eigenvalue weighted by atomic mass is 14.2. The van der Waals surface area contributed by atoms with Gasteiger partial charge in [0, 0.05) is 0 Å². The van der Waals surface area contributed by atoms with Crippen molar-refractivity contribution in [3.63, 3.8) is 0 Å². The Balaban J connectivity index is 2.27. The lowest BCUT2D eigenvalue weighted by Crippen LogP contribution is -1.95. The first kappa shape index (κ1) is 14.6. The van der Waals surface area contributed by atoms with E-state index >= 15 is 0 Å². The van der Waals surface area contributed by atoms with E-state index in [4.69, 9.17) is 0 Å². The number of aryl methyl sites for hydroxylation is 1. The van der Waals surface area contributed by atoms with E-state index in [9.17, 15) is 0 Å². The predicted octanol–water partition coefficient (Wildman–Crippen LogP) is 6.45. The van der Waals surface area contributed by atoms with Crippen molar-refractivity contribution < 1.29 is 0 Å². The smallest absolute Gasteiger partial charge is 0.00707 e. The SMILES string of the molecule is Cc1ccc(-c2c(-c3ccccc3)cccc2C(C)C)cc1. The molecule has 0 fully saturated rings. The zero-order valence-electron chi connectivity index (χ0n) is 13.5. The second-order valence-electron chi connectivity index (χ2n) is 6.16. The van der Waals surface area contributed by atoms with Gasteiger partial charge in [0.2, 0.25) is 0 Å². The Morgan fingerprint density at radius 3 is 1.95 bits per heavy atom. The number of hydrogen-bond acceptors (Lipinski definition) is 0. The van der Waals surface area contributed by atoms with Gasteiger partial charge in [-0.1, -0.05) is 92.2 Å². The maximum atomic E-state index is 2.27. The lowest BCUT2D eigenvalue weighted by molar-refractivity contribution is 0.869. The summed E-state index contributed by atoms with van der Waals surface area (Å²) in [6.07, 6.45) is 0. The van der Waals surface area contributed by atoms with Gasteiger partial charge in [-0.3, -0.25) is 0 Å². The van der Waals surface area contributed by atoms with E-state index in [0.29, 0.717) is 5.92 Å². The molecule has 0 amide bonds. The fourth-order valence-corrected chi connectivity index (χ4v) is 2.95. The van der Waals surface area contributed by atoms with Crippen LogP contribution in [-0.2, 0) is 0 Å². The van der Waals surface area contributed by atoms with Crippen LogP contribution in [0.1, 0.15) is 30.9 Å². The van der Waals surface area contributed by atoms with Crippen LogP contribution in [0.15, 0.2) is 72.8 Å². The van der Waals surface area contributed by atoms with Crippen molar-refractivity contribution >= 4 is 0 Å². The molecular weight excluding hydrogens is 264 g/mol. The van der Waals surface area contributed by atoms with Crippen molar-refractivity contribution in [1.29, 1.82) is 0 Å². The fourth-order valence-electron chi connectivity index (χ4n) is 2.95. The Kier molecular flexibility index (Phi) is 4.11. The van der Waals surface area contributed by atoms with Crippen LogP contribution in [0.2, 0.25) is 0 Å². The fraction of sp³-hybridized carbons (Fsp3) is 0.182. The Bertz CT molecular complexity index is 750. The van der Waals surface area contributed by atoms with Crippen molar-refractivity contribution in [2.45, 2.75) is 26.7 Å². The molecule has 0 heterocycles. The minimum absolute atomic E-state index is 0.500. The van der Waals surface area contributed by atoms with Gasteiger partial charge >= 0.3 is 0 Å². The average molecular weight is 286 g/mol. The number of benzene rings is 3. The first-order chi connectivity index (χ1) is 10.7. The number of rotatable bonds is 3. The van der Waals surface area contributed by atoms with Crippen LogP contribution in [0, 0.1) is 6.92 Å². The molecule has 0 N–H and O–H groups in total. The molecule has 3 aromatic carbocycles. The van der Waals surface area contributed by atoms with Gasteiger partial charge in [-0.15, -0.1) is 0 Å². The molecule has 22 heavy (non-hydrogen) atoms. The number of hydrogen-bond donors (Lipinski definition) is 0. The molecule has 0 heteroatoms. The zero-order chi connectivity index (χ0) is 15.5. The summed E-state index contributed by atoms with van der Waals surface area (Å²) < 4.78 is 0. The van der Waals surface area contributed by atoms with E-state index in [2.05, 4.69) is 93.6 Å². The van der Waals surface area contributed by atoms with Crippen LogP contribution >= 0.6 is 0 Å².